The third kappa shape index (κ3) is 3.07. The summed E-state index contributed by atoms with van der Waals surface area (Å²) in [5, 5.41) is 0. The Kier molecular flexibility index (Phi) is 4.66. The van der Waals surface area contributed by atoms with Crippen molar-refractivity contribution < 1.29 is 22.0 Å². The van der Waals surface area contributed by atoms with Gasteiger partial charge in [0.2, 0.25) is 9.84 Å². The molecule has 8 heteroatoms. The number of halogens is 2. The molecule has 146 valence electrons. The van der Waals surface area contributed by atoms with Crippen LogP contribution in [0.15, 0.2) is 58.5 Å². The summed E-state index contributed by atoms with van der Waals surface area (Å²) in [5.41, 5.74) is 0.508. The fourth-order valence-electron chi connectivity index (χ4n) is 3.53. The number of carbonyl (C=O) groups is 1. The van der Waals surface area contributed by atoms with E-state index in [9.17, 15) is 22.0 Å². The van der Waals surface area contributed by atoms with Gasteiger partial charge in [-0.3, -0.25) is 4.79 Å². The molecule has 2 heterocycles. The standard InChI is InChI=1S/C20H18F2N2O3S/c21-15-9-8-14(12-16(15)22)24-13-19(20(25)23-10-4-1-5-11-23)28(26,27)18-7-3-2-6-17(18)24/h2-3,6-9,12-13H,1,4-5,10-11H2. The monoisotopic (exact) mass is 404 g/mol. The Balaban J connectivity index is 1.86. The van der Waals surface area contributed by atoms with Crippen molar-refractivity contribution in [2.24, 2.45) is 0 Å². The third-order valence-electron chi connectivity index (χ3n) is 4.99. The van der Waals surface area contributed by atoms with Crippen LogP contribution in [0.5, 0.6) is 0 Å². The van der Waals surface area contributed by atoms with Crippen LogP contribution in [0.1, 0.15) is 19.3 Å². The van der Waals surface area contributed by atoms with E-state index in [0.29, 0.717) is 13.1 Å². The quantitative estimate of drug-likeness (QED) is 0.765. The Morgan fingerprint density at radius 2 is 1.64 bits per heavy atom. The number of anilines is 2. The highest BCUT2D eigenvalue weighted by Crippen LogP contribution is 2.40. The molecule has 0 aliphatic carbocycles. The van der Waals surface area contributed by atoms with Crippen molar-refractivity contribution >= 4 is 27.1 Å². The number of rotatable bonds is 2. The zero-order valence-electron chi connectivity index (χ0n) is 14.9. The van der Waals surface area contributed by atoms with Gasteiger partial charge in [-0.1, -0.05) is 12.1 Å². The van der Waals surface area contributed by atoms with E-state index in [1.165, 1.54) is 28.1 Å². The van der Waals surface area contributed by atoms with Gasteiger partial charge >= 0.3 is 0 Å². The van der Waals surface area contributed by atoms with Crippen molar-refractivity contribution in [1.82, 2.24) is 4.90 Å². The molecule has 0 N–H and O–H groups in total. The lowest BCUT2D eigenvalue weighted by Crippen LogP contribution is -2.39. The summed E-state index contributed by atoms with van der Waals surface area (Å²) < 4.78 is 53.4. The molecule has 2 aromatic rings. The Morgan fingerprint density at radius 3 is 2.36 bits per heavy atom. The van der Waals surface area contributed by atoms with E-state index in [1.807, 2.05) is 0 Å². The summed E-state index contributed by atoms with van der Waals surface area (Å²) >= 11 is 0. The molecular formula is C20H18F2N2O3S. The van der Waals surface area contributed by atoms with Crippen LogP contribution in [-0.2, 0) is 14.6 Å². The van der Waals surface area contributed by atoms with Crippen molar-refractivity contribution in [1.29, 1.82) is 0 Å². The first-order valence-electron chi connectivity index (χ1n) is 8.99. The molecule has 0 saturated carbocycles. The number of sulfone groups is 1. The summed E-state index contributed by atoms with van der Waals surface area (Å²) in [4.78, 5) is 15.5. The highest BCUT2D eigenvalue weighted by atomic mass is 32.2. The molecule has 5 nitrogen and oxygen atoms in total. The van der Waals surface area contributed by atoms with Crippen LogP contribution in [0, 0.1) is 11.6 Å². The first-order valence-corrected chi connectivity index (χ1v) is 10.5. The molecular weight excluding hydrogens is 386 g/mol. The maximum Gasteiger partial charge on any atom is 0.267 e. The van der Waals surface area contributed by atoms with Gasteiger partial charge in [0.1, 0.15) is 0 Å². The van der Waals surface area contributed by atoms with Gasteiger partial charge in [0, 0.05) is 31.0 Å². The lowest BCUT2D eigenvalue weighted by atomic mass is 10.1. The maximum absolute atomic E-state index is 13.8. The Hall–Kier alpha value is -2.74. The minimum absolute atomic E-state index is 0.0393. The van der Waals surface area contributed by atoms with Crippen LogP contribution in [-0.4, -0.2) is 32.3 Å². The van der Waals surface area contributed by atoms with Gasteiger partial charge < -0.3 is 9.80 Å². The molecule has 1 saturated heterocycles. The number of para-hydroxylation sites is 1. The molecule has 2 aliphatic rings. The predicted molar refractivity (Wildman–Crippen MR) is 101 cm³/mol. The highest BCUT2D eigenvalue weighted by Gasteiger charge is 2.37. The van der Waals surface area contributed by atoms with Gasteiger partial charge in [-0.05, 0) is 43.5 Å². The molecule has 0 aromatic heterocycles. The second-order valence-corrected chi connectivity index (χ2v) is 8.67. The molecule has 0 spiro atoms. The largest absolute Gasteiger partial charge is 0.338 e. The number of fused-ring (bicyclic) bond motifs is 1. The summed E-state index contributed by atoms with van der Waals surface area (Å²) in [6, 6.07) is 9.47. The number of likely N-dealkylation sites (tertiary alicyclic amines) is 1. The van der Waals surface area contributed by atoms with Crippen LogP contribution in [0.25, 0.3) is 0 Å². The molecule has 1 fully saturated rings. The fourth-order valence-corrected chi connectivity index (χ4v) is 5.07. The number of benzene rings is 2. The summed E-state index contributed by atoms with van der Waals surface area (Å²) in [6.45, 7) is 0.997. The number of piperidine rings is 1. The molecule has 1 amide bonds. The maximum atomic E-state index is 13.8. The summed E-state index contributed by atoms with van der Waals surface area (Å²) in [6.07, 6.45) is 3.85. The predicted octanol–water partition coefficient (Wildman–Crippen LogP) is 3.74. The molecule has 2 aromatic carbocycles. The van der Waals surface area contributed by atoms with Crippen molar-refractivity contribution in [2.75, 3.05) is 18.0 Å². The van der Waals surface area contributed by atoms with Crippen LogP contribution >= 0.6 is 0 Å². The first kappa shape index (κ1) is 18.6. The SMILES string of the molecule is O=C(C1=CN(c2ccc(F)c(F)c2)c2ccccc2S1(=O)=O)N1CCCCC1. The van der Waals surface area contributed by atoms with Crippen molar-refractivity contribution in [3.8, 4) is 0 Å². The van der Waals surface area contributed by atoms with E-state index >= 15 is 0 Å². The Labute approximate surface area is 161 Å². The summed E-state index contributed by atoms with van der Waals surface area (Å²) in [7, 11) is -4.03. The molecule has 0 bridgehead atoms. The second kappa shape index (κ2) is 7.01. The minimum Gasteiger partial charge on any atom is -0.338 e. The average Bonchev–Trinajstić information content (AvgIpc) is 2.71. The van der Waals surface area contributed by atoms with Gasteiger partial charge in [0.25, 0.3) is 5.91 Å². The van der Waals surface area contributed by atoms with Gasteiger partial charge in [0.05, 0.1) is 10.6 Å². The third-order valence-corrected chi connectivity index (χ3v) is 6.77. The van der Waals surface area contributed by atoms with Crippen LogP contribution in [0.4, 0.5) is 20.2 Å². The van der Waals surface area contributed by atoms with E-state index in [4.69, 9.17) is 0 Å². The molecule has 0 atom stereocenters. The lowest BCUT2D eigenvalue weighted by Gasteiger charge is -2.32. The Bertz CT molecular complexity index is 1080. The molecule has 28 heavy (non-hydrogen) atoms. The number of hydrogen-bond acceptors (Lipinski definition) is 4. The summed E-state index contributed by atoms with van der Waals surface area (Å²) in [5.74, 6) is -2.63. The van der Waals surface area contributed by atoms with Gasteiger partial charge in [-0.25, -0.2) is 17.2 Å². The van der Waals surface area contributed by atoms with E-state index in [-0.39, 0.29) is 21.2 Å². The van der Waals surface area contributed by atoms with E-state index in [1.54, 1.807) is 18.2 Å². The lowest BCUT2D eigenvalue weighted by molar-refractivity contribution is -0.127. The van der Waals surface area contributed by atoms with Gasteiger partial charge in [-0.15, -0.1) is 0 Å². The van der Waals surface area contributed by atoms with Crippen LogP contribution in [0.2, 0.25) is 0 Å². The van der Waals surface area contributed by atoms with Crippen LogP contribution in [0.3, 0.4) is 0 Å². The molecule has 4 rings (SSSR count). The van der Waals surface area contributed by atoms with E-state index < -0.39 is 27.4 Å². The zero-order chi connectivity index (χ0) is 19.9. The second-order valence-electron chi connectivity index (χ2n) is 6.79. The average molecular weight is 404 g/mol. The van der Waals surface area contributed by atoms with Gasteiger partial charge in [0.15, 0.2) is 16.5 Å². The number of amides is 1. The highest BCUT2D eigenvalue weighted by molar-refractivity contribution is 7.96. The Morgan fingerprint density at radius 1 is 0.929 bits per heavy atom. The fraction of sp³-hybridized carbons (Fsp3) is 0.250. The van der Waals surface area contributed by atoms with E-state index in [2.05, 4.69) is 0 Å². The van der Waals surface area contributed by atoms with E-state index in [0.717, 1.165) is 31.4 Å². The topological polar surface area (TPSA) is 57.7 Å². The minimum atomic E-state index is -4.03. The normalized spacial score (nSPS) is 18.4. The van der Waals surface area contributed by atoms with Crippen molar-refractivity contribution in [3.05, 3.63) is 65.2 Å². The zero-order valence-corrected chi connectivity index (χ0v) is 15.8. The molecule has 0 unspecified atom stereocenters. The molecule has 0 radical (unpaired) electrons. The number of carbonyl (C=O) groups excluding carboxylic acids is 1. The van der Waals surface area contributed by atoms with Crippen molar-refractivity contribution in [3.63, 3.8) is 0 Å². The first-order chi connectivity index (χ1) is 13.4. The van der Waals surface area contributed by atoms with Gasteiger partial charge in [-0.2, -0.15) is 0 Å². The van der Waals surface area contributed by atoms with Crippen LogP contribution < -0.4 is 4.90 Å². The molecule has 2 aliphatic heterocycles. The van der Waals surface area contributed by atoms with Crippen molar-refractivity contribution in [2.45, 2.75) is 24.2 Å². The smallest absolute Gasteiger partial charge is 0.267 e. The number of nitrogens with zero attached hydrogens (tertiary/aromatic N) is 2. The number of hydrogen-bond donors (Lipinski definition) is 0.